The highest BCUT2D eigenvalue weighted by Crippen LogP contribution is 2.66. The molecule has 0 radical (unpaired) electrons. The van der Waals surface area contributed by atoms with Gasteiger partial charge in [0.05, 0.1) is 0 Å². The van der Waals surface area contributed by atoms with Crippen LogP contribution in [-0.2, 0) is 0 Å². The molecule has 3 fully saturated rings. The molecule has 0 aliphatic heterocycles. The van der Waals surface area contributed by atoms with Crippen molar-refractivity contribution in [3.05, 3.63) is 0 Å². The van der Waals surface area contributed by atoms with Gasteiger partial charge in [0.25, 0.3) is 0 Å². The van der Waals surface area contributed by atoms with Crippen LogP contribution in [0.4, 0.5) is 0 Å². The van der Waals surface area contributed by atoms with Crippen LogP contribution in [0.5, 0.6) is 0 Å². The summed E-state index contributed by atoms with van der Waals surface area (Å²) < 4.78 is 0. The SMILES string of the molecule is NC1(CCC23CCCC2C3)CC1. The van der Waals surface area contributed by atoms with Gasteiger partial charge in [0.15, 0.2) is 0 Å². The minimum absolute atomic E-state index is 0.310. The summed E-state index contributed by atoms with van der Waals surface area (Å²) in [6, 6.07) is 0. The van der Waals surface area contributed by atoms with E-state index in [4.69, 9.17) is 5.73 Å². The van der Waals surface area contributed by atoms with E-state index in [0.29, 0.717) is 5.54 Å². The summed E-state index contributed by atoms with van der Waals surface area (Å²) in [4.78, 5) is 0. The van der Waals surface area contributed by atoms with Crippen molar-refractivity contribution < 1.29 is 0 Å². The summed E-state index contributed by atoms with van der Waals surface area (Å²) in [6.45, 7) is 0. The molecule has 68 valence electrons. The predicted molar refractivity (Wildman–Crippen MR) is 49.8 cm³/mol. The van der Waals surface area contributed by atoms with Gasteiger partial charge in [0.2, 0.25) is 0 Å². The van der Waals surface area contributed by atoms with Crippen molar-refractivity contribution >= 4 is 0 Å². The van der Waals surface area contributed by atoms with E-state index in [-0.39, 0.29) is 0 Å². The molecule has 1 nitrogen and oxygen atoms in total. The highest BCUT2D eigenvalue weighted by molar-refractivity contribution is 5.09. The molecule has 3 aliphatic rings. The maximum Gasteiger partial charge on any atom is 0.0155 e. The van der Waals surface area contributed by atoms with E-state index in [0.717, 1.165) is 11.3 Å². The Balaban J connectivity index is 1.55. The Kier molecular flexibility index (Phi) is 1.27. The summed E-state index contributed by atoms with van der Waals surface area (Å²) in [5, 5.41) is 0. The van der Waals surface area contributed by atoms with Gasteiger partial charge in [-0.25, -0.2) is 0 Å². The molecule has 0 amide bonds. The van der Waals surface area contributed by atoms with Crippen LogP contribution < -0.4 is 5.73 Å². The summed E-state index contributed by atoms with van der Waals surface area (Å²) in [5.74, 6) is 1.12. The molecule has 0 spiro atoms. The fraction of sp³-hybridized carbons (Fsp3) is 1.00. The topological polar surface area (TPSA) is 26.0 Å². The van der Waals surface area contributed by atoms with E-state index in [1.54, 1.807) is 6.42 Å². The zero-order valence-corrected chi connectivity index (χ0v) is 7.81. The van der Waals surface area contributed by atoms with Crippen LogP contribution in [0.1, 0.15) is 51.4 Å². The lowest BCUT2D eigenvalue weighted by molar-refractivity contribution is 0.398. The van der Waals surface area contributed by atoms with E-state index in [9.17, 15) is 0 Å². The molecular weight excluding hydrogens is 146 g/mol. The van der Waals surface area contributed by atoms with Crippen LogP contribution in [0, 0.1) is 11.3 Å². The van der Waals surface area contributed by atoms with Gasteiger partial charge in [0, 0.05) is 5.54 Å². The lowest BCUT2D eigenvalue weighted by Gasteiger charge is -2.14. The van der Waals surface area contributed by atoms with Crippen molar-refractivity contribution in [2.24, 2.45) is 17.1 Å². The Morgan fingerprint density at radius 2 is 2.00 bits per heavy atom. The Labute approximate surface area is 74.7 Å². The molecule has 0 bridgehead atoms. The Morgan fingerprint density at radius 3 is 2.50 bits per heavy atom. The van der Waals surface area contributed by atoms with Crippen LogP contribution >= 0.6 is 0 Å². The van der Waals surface area contributed by atoms with Crippen molar-refractivity contribution in [1.29, 1.82) is 0 Å². The predicted octanol–water partition coefficient (Wildman–Crippen LogP) is 2.45. The van der Waals surface area contributed by atoms with E-state index in [1.807, 2.05) is 0 Å². The van der Waals surface area contributed by atoms with Gasteiger partial charge in [-0.1, -0.05) is 6.42 Å². The first kappa shape index (κ1) is 7.37. The lowest BCUT2D eigenvalue weighted by atomic mass is 9.94. The van der Waals surface area contributed by atoms with Crippen LogP contribution in [0.25, 0.3) is 0 Å². The lowest BCUT2D eigenvalue weighted by Crippen LogP contribution is -2.22. The number of rotatable bonds is 3. The van der Waals surface area contributed by atoms with E-state index in [1.165, 1.54) is 44.9 Å². The Bertz CT molecular complexity index is 207. The molecule has 0 heterocycles. The molecule has 0 aromatic rings. The van der Waals surface area contributed by atoms with Crippen molar-refractivity contribution in [3.63, 3.8) is 0 Å². The van der Waals surface area contributed by atoms with Crippen molar-refractivity contribution in [2.45, 2.75) is 56.9 Å². The third kappa shape index (κ3) is 1.02. The average molecular weight is 165 g/mol. The van der Waals surface area contributed by atoms with Gasteiger partial charge in [-0.2, -0.15) is 0 Å². The maximum absolute atomic E-state index is 6.10. The summed E-state index contributed by atoms with van der Waals surface area (Å²) >= 11 is 0. The standard InChI is InChI=1S/C11H19N/c12-11(6-7-11)5-4-10-3-1-2-9(10)8-10/h9H,1-8,12H2. The largest absolute Gasteiger partial charge is 0.325 e. The highest BCUT2D eigenvalue weighted by atomic mass is 14.8. The minimum atomic E-state index is 0.310. The third-order valence-corrected chi connectivity index (χ3v) is 4.60. The molecule has 2 unspecified atom stereocenters. The van der Waals surface area contributed by atoms with Crippen LogP contribution in [-0.4, -0.2) is 5.54 Å². The minimum Gasteiger partial charge on any atom is -0.325 e. The fourth-order valence-corrected chi connectivity index (χ4v) is 3.19. The molecule has 3 aliphatic carbocycles. The maximum atomic E-state index is 6.10. The Morgan fingerprint density at radius 1 is 1.17 bits per heavy atom. The molecule has 3 saturated carbocycles. The summed E-state index contributed by atoms with van der Waals surface area (Å²) in [7, 11) is 0. The number of hydrogen-bond donors (Lipinski definition) is 1. The van der Waals surface area contributed by atoms with Crippen molar-refractivity contribution in [3.8, 4) is 0 Å². The van der Waals surface area contributed by atoms with E-state index in [2.05, 4.69) is 0 Å². The molecule has 3 rings (SSSR count). The van der Waals surface area contributed by atoms with Gasteiger partial charge >= 0.3 is 0 Å². The quantitative estimate of drug-likeness (QED) is 0.683. The smallest absolute Gasteiger partial charge is 0.0155 e. The van der Waals surface area contributed by atoms with Gasteiger partial charge in [-0.15, -0.1) is 0 Å². The van der Waals surface area contributed by atoms with Crippen molar-refractivity contribution in [1.82, 2.24) is 0 Å². The van der Waals surface area contributed by atoms with Crippen LogP contribution in [0.2, 0.25) is 0 Å². The molecular formula is C11H19N. The highest BCUT2D eigenvalue weighted by Gasteiger charge is 2.57. The number of hydrogen-bond acceptors (Lipinski definition) is 1. The molecule has 0 aromatic heterocycles. The van der Waals surface area contributed by atoms with Crippen LogP contribution in [0.3, 0.4) is 0 Å². The second-order valence-corrected chi connectivity index (χ2v) is 5.52. The molecule has 2 atom stereocenters. The first-order valence-corrected chi connectivity index (χ1v) is 5.52. The Hall–Kier alpha value is -0.0400. The second kappa shape index (κ2) is 2.06. The van der Waals surface area contributed by atoms with Gasteiger partial charge in [0.1, 0.15) is 0 Å². The summed E-state index contributed by atoms with van der Waals surface area (Å²) in [5.41, 5.74) is 7.24. The first-order chi connectivity index (χ1) is 5.73. The monoisotopic (exact) mass is 165 g/mol. The van der Waals surface area contributed by atoms with Crippen LogP contribution in [0.15, 0.2) is 0 Å². The summed E-state index contributed by atoms with van der Waals surface area (Å²) in [6.07, 6.45) is 11.5. The van der Waals surface area contributed by atoms with Gasteiger partial charge < -0.3 is 5.73 Å². The zero-order valence-electron chi connectivity index (χ0n) is 7.81. The normalized spacial score (nSPS) is 47.2. The average Bonchev–Trinajstić information content (AvgIpc) is 2.93. The molecule has 2 N–H and O–H groups in total. The first-order valence-electron chi connectivity index (χ1n) is 5.52. The fourth-order valence-electron chi connectivity index (χ4n) is 3.19. The molecule has 1 heteroatoms. The van der Waals surface area contributed by atoms with Crippen molar-refractivity contribution in [2.75, 3.05) is 0 Å². The van der Waals surface area contributed by atoms with E-state index < -0.39 is 0 Å². The molecule has 0 saturated heterocycles. The third-order valence-electron chi connectivity index (χ3n) is 4.60. The molecule has 0 aromatic carbocycles. The van der Waals surface area contributed by atoms with E-state index >= 15 is 0 Å². The molecule has 12 heavy (non-hydrogen) atoms. The van der Waals surface area contributed by atoms with Gasteiger partial charge in [-0.3, -0.25) is 0 Å². The second-order valence-electron chi connectivity index (χ2n) is 5.52. The van der Waals surface area contributed by atoms with Gasteiger partial charge in [-0.05, 0) is 56.3 Å². The number of fused-ring (bicyclic) bond motifs is 1. The zero-order chi connectivity index (χ0) is 8.23. The number of nitrogens with two attached hydrogens (primary N) is 1.